The second kappa shape index (κ2) is 15.0. The molecule has 1 fully saturated rings. The zero-order valence-electron chi connectivity index (χ0n) is 13.3. The highest BCUT2D eigenvalue weighted by Gasteiger charge is 1.96. The van der Waals surface area contributed by atoms with E-state index in [1.54, 1.807) is 0 Å². The Kier molecular flexibility index (Phi) is 14.1. The van der Waals surface area contributed by atoms with E-state index in [1.165, 1.54) is 56.9 Å². The molecule has 21 heavy (non-hydrogen) atoms. The largest absolute Gasteiger partial charge is 0.483 e. The van der Waals surface area contributed by atoms with Crippen LogP contribution in [0.1, 0.15) is 63.9 Å². The standard InChI is InChI=1S/C9H13N.C8H16.CH2O2/c1-8(10)7-9-5-3-2-4-6-9;1-2-4-6-8-7-5-3-1;2-1-3/h2-6,8H,7,10H2,1H3;1-8H2;1H,(H,2,3). The van der Waals surface area contributed by atoms with E-state index in [2.05, 4.69) is 12.1 Å². The van der Waals surface area contributed by atoms with Gasteiger partial charge in [-0.1, -0.05) is 81.7 Å². The van der Waals surface area contributed by atoms with Crippen molar-refractivity contribution in [2.24, 2.45) is 5.73 Å². The van der Waals surface area contributed by atoms with Crippen molar-refractivity contribution in [2.75, 3.05) is 0 Å². The second-order valence-electron chi connectivity index (χ2n) is 5.60. The molecule has 3 heteroatoms. The molecule has 0 bridgehead atoms. The van der Waals surface area contributed by atoms with Crippen LogP contribution in [0, 0.1) is 0 Å². The van der Waals surface area contributed by atoms with Crippen LogP contribution in [0.15, 0.2) is 30.3 Å². The summed E-state index contributed by atoms with van der Waals surface area (Å²) in [5.74, 6) is 0. The van der Waals surface area contributed by atoms with E-state index < -0.39 is 0 Å². The molecular formula is C18H31NO2. The minimum absolute atomic E-state index is 0.250. The van der Waals surface area contributed by atoms with Gasteiger partial charge in [-0.3, -0.25) is 4.79 Å². The van der Waals surface area contributed by atoms with Crippen molar-refractivity contribution in [3.8, 4) is 0 Å². The van der Waals surface area contributed by atoms with Gasteiger partial charge in [0.15, 0.2) is 0 Å². The lowest BCUT2D eigenvalue weighted by atomic mass is 10.0. The van der Waals surface area contributed by atoms with E-state index in [0.29, 0.717) is 0 Å². The molecule has 0 saturated heterocycles. The highest BCUT2D eigenvalue weighted by Crippen LogP contribution is 2.15. The summed E-state index contributed by atoms with van der Waals surface area (Å²) >= 11 is 0. The van der Waals surface area contributed by atoms with Crippen molar-refractivity contribution < 1.29 is 9.90 Å². The summed E-state index contributed by atoms with van der Waals surface area (Å²) in [5, 5.41) is 6.89. The van der Waals surface area contributed by atoms with Crippen LogP contribution in [0.25, 0.3) is 0 Å². The van der Waals surface area contributed by atoms with Crippen LogP contribution < -0.4 is 5.73 Å². The maximum atomic E-state index is 8.36. The van der Waals surface area contributed by atoms with Crippen molar-refractivity contribution in [3.63, 3.8) is 0 Å². The summed E-state index contributed by atoms with van der Waals surface area (Å²) in [4.78, 5) is 8.36. The van der Waals surface area contributed by atoms with Gasteiger partial charge in [-0.2, -0.15) is 0 Å². The predicted molar refractivity (Wildman–Crippen MR) is 89.4 cm³/mol. The summed E-state index contributed by atoms with van der Waals surface area (Å²) in [6.45, 7) is 1.77. The van der Waals surface area contributed by atoms with Gasteiger partial charge in [0.2, 0.25) is 0 Å². The molecule has 0 aromatic heterocycles. The Hall–Kier alpha value is -1.35. The molecule has 0 heterocycles. The predicted octanol–water partition coefficient (Wildman–Crippen LogP) is 4.40. The number of hydrogen-bond donors (Lipinski definition) is 2. The molecule has 0 spiro atoms. The van der Waals surface area contributed by atoms with Crippen LogP contribution >= 0.6 is 0 Å². The third-order valence-electron chi connectivity index (χ3n) is 3.40. The van der Waals surface area contributed by atoms with Gasteiger partial charge in [0, 0.05) is 6.04 Å². The molecule has 1 saturated carbocycles. The van der Waals surface area contributed by atoms with Gasteiger partial charge in [-0.25, -0.2) is 0 Å². The van der Waals surface area contributed by atoms with Gasteiger partial charge in [-0.05, 0) is 18.9 Å². The average Bonchev–Trinajstić information content (AvgIpc) is 2.40. The topological polar surface area (TPSA) is 63.3 Å². The molecule has 2 rings (SSSR count). The summed E-state index contributed by atoms with van der Waals surface area (Å²) in [7, 11) is 0. The molecule has 1 aliphatic carbocycles. The Bertz CT molecular complexity index is 301. The summed E-state index contributed by atoms with van der Waals surface area (Å²) in [6, 6.07) is 10.6. The van der Waals surface area contributed by atoms with Gasteiger partial charge in [0.1, 0.15) is 0 Å². The quantitative estimate of drug-likeness (QED) is 0.794. The Morgan fingerprint density at radius 1 is 1.00 bits per heavy atom. The number of benzene rings is 1. The molecule has 1 aliphatic rings. The first-order chi connectivity index (χ1) is 10.2. The first-order valence-corrected chi connectivity index (χ1v) is 8.08. The molecule has 0 aliphatic heterocycles. The molecule has 0 amide bonds. The SMILES string of the molecule is C1CCCCCCC1.CC(N)Cc1ccccc1.O=CO. The van der Waals surface area contributed by atoms with Crippen LogP contribution in [0.4, 0.5) is 0 Å². The smallest absolute Gasteiger partial charge is 0.290 e. The Balaban J connectivity index is 0.000000327. The van der Waals surface area contributed by atoms with Crippen LogP contribution in [0.2, 0.25) is 0 Å². The molecule has 120 valence electrons. The number of carbonyl (C=O) groups is 1. The number of carboxylic acid groups (broad SMARTS) is 1. The van der Waals surface area contributed by atoms with Gasteiger partial charge in [-0.15, -0.1) is 0 Å². The fraction of sp³-hybridized carbons (Fsp3) is 0.611. The fourth-order valence-corrected chi connectivity index (χ4v) is 2.40. The van der Waals surface area contributed by atoms with E-state index in [9.17, 15) is 0 Å². The molecule has 1 aromatic carbocycles. The van der Waals surface area contributed by atoms with E-state index in [-0.39, 0.29) is 12.5 Å². The molecular weight excluding hydrogens is 262 g/mol. The molecule has 1 aromatic rings. The fourth-order valence-electron chi connectivity index (χ4n) is 2.40. The maximum Gasteiger partial charge on any atom is 0.290 e. The average molecular weight is 293 g/mol. The van der Waals surface area contributed by atoms with E-state index in [4.69, 9.17) is 15.6 Å². The highest BCUT2D eigenvalue weighted by molar-refractivity contribution is 5.32. The third kappa shape index (κ3) is 14.9. The monoisotopic (exact) mass is 293 g/mol. The van der Waals surface area contributed by atoms with Crippen molar-refractivity contribution >= 4 is 6.47 Å². The number of nitrogens with two attached hydrogens (primary N) is 1. The zero-order valence-corrected chi connectivity index (χ0v) is 13.3. The van der Waals surface area contributed by atoms with E-state index in [0.717, 1.165) is 6.42 Å². The summed E-state index contributed by atoms with van der Waals surface area (Å²) < 4.78 is 0. The molecule has 1 atom stereocenters. The number of hydrogen-bond acceptors (Lipinski definition) is 2. The van der Waals surface area contributed by atoms with Crippen molar-refractivity contribution in [3.05, 3.63) is 35.9 Å². The normalized spacial score (nSPS) is 15.9. The lowest BCUT2D eigenvalue weighted by molar-refractivity contribution is -0.122. The minimum Gasteiger partial charge on any atom is -0.483 e. The van der Waals surface area contributed by atoms with Gasteiger partial charge in [0.05, 0.1) is 0 Å². The zero-order chi connectivity index (χ0) is 15.8. The Labute approximate surface area is 129 Å². The third-order valence-corrected chi connectivity index (χ3v) is 3.40. The Morgan fingerprint density at radius 2 is 1.33 bits per heavy atom. The molecule has 0 radical (unpaired) electrons. The van der Waals surface area contributed by atoms with Crippen LogP contribution in [-0.2, 0) is 11.2 Å². The molecule has 3 N–H and O–H groups in total. The Morgan fingerprint density at radius 3 is 1.62 bits per heavy atom. The van der Waals surface area contributed by atoms with E-state index in [1.807, 2.05) is 25.1 Å². The van der Waals surface area contributed by atoms with Crippen LogP contribution in [0.3, 0.4) is 0 Å². The highest BCUT2D eigenvalue weighted by atomic mass is 16.3. The summed E-state index contributed by atoms with van der Waals surface area (Å²) in [6.07, 6.45) is 13.0. The lowest BCUT2D eigenvalue weighted by Gasteiger charge is -2.05. The minimum atomic E-state index is -0.250. The number of rotatable bonds is 2. The van der Waals surface area contributed by atoms with Gasteiger partial charge in [0.25, 0.3) is 6.47 Å². The van der Waals surface area contributed by atoms with Crippen molar-refractivity contribution in [1.82, 2.24) is 0 Å². The lowest BCUT2D eigenvalue weighted by Crippen LogP contribution is -2.17. The first kappa shape index (κ1) is 19.7. The van der Waals surface area contributed by atoms with Gasteiger partial charge < -0.3 is 10.8 Å². The second-order valence-corrected chi connectivity index (χ2v) is 5.60. The van der Waals surface area contributed by atoms with Crippen molar-refractivity contribution in [2.45, 2.75) is 70.8 Å². The van der Waals surface area contributed by atoms with Gasteiger partial charge >= 0.3 is 0 Å². The first-order valence-electron chi connectivity index (χ1n) is 8.08. The van der Waals surface area contributed by atoms with Crippen LogP contribution in [-0.4, -0.2) is 17.6 Å². The maximum absolute atomic E-state index is 8.36. The van der Waals surface area contributed by atoms with Crippen LogP contribution in [0.5, 0.6) is 0 Å². The van der Waals surface area contributed by atoms with E-state index >= 15 is 0 Å². The van der Waals surface area contributed by atoms with Crippen molar-refractivity contribution in [1.29, 1.82) is 0 Å². The summed E-state index contributed by atoms with van der Waals surface area (Å²) in [5.41, 5.74) is 6.94. The molecule has 1 unspecified atom stereocenters. The molecule has 3 nitrogen and oxygen atoms in total.